The first-order valence-electron chi connectivity index (χ1n) is 9.76. The molecule has 30 heavy (non-hydrogen) atoms. The van der Waals surface area contributed by atoms with Crippen molar-refractivity contribution in [2.24, 2.45) is 0 Å². The second kappa shape index (κ2) is 8.61. The molecular weight excluding hydrogens is 394 g/mol. The van der Waals surface area contributed by atoms with E-state index in [-0.39, 0.29) is 11.4 Å². The number of methoxy groups -OCH3 is 1. The third-order valence-electron chi connectivity index (χ3n) is 4.98. The normalized spacial score (nSPS) is 15.5. The SMILES string of the molecule is COc1cc(/C=C/C(=O)Nc2cc(F)c(N3CCCC3)c(F)c2)cc2c1OCCO2. The number of fused-ring (bicyclic) bond motifs is 1. The summed E-state index contributed by atoms with van der Waals surface area (Å²) in [4.78, 5) is 13.9. The van der Waals surface area contributed by atoms with E-state index >= 15 is 0 Å². The van der Waals surface area contributed by atoms with Crippen molar-refractivity contribution in [3.8, 4) is 17.2 Å². The van der Waals surface area contributed by atoms with Gasteiger partial charge in [-0.05, 0) is 48.7 Å². The molecule has 2 aliphatic heterocycles. The van der Waals surface area contributed by atoms with E-state index in [1.165, 1.54) is 13.2 Å². The fourth-order valence-electron chi connectivity index (χ4n) is 3.63. The van der Waals surface area contributed by atoms with E-state index in [9.17, 15) is 13.6 Å². The second-order valence-corrected chi connectivity index (χ2v) is 7.05. The number of hydrogen-bond acceptors (Lipinski definition) is 5. The highest BCUT2D eigenvalue weighted by molar-refractivity contribution is 6.02. The Labute approximate surface area is 173 Å². The highest BCUT2D eigenvalue weighted by Gasteiger charge is 2.21. The van der Waals surface area contributed by atoms with Gasteiger partial charge < -0.3 is 24.4 Å². The molecule has 4 rings (SSSR count). The van der Waals surface area contributed by atoms with Gasteiger partial charge in [0.05, 0.1) is 7.11 Å². The lowest BCUT2D eigenvalue weighted by atomic mass is 10.1. The largest absolute Gasteiger partial charge is 0.493 e. The maximum atomic E-state index is 14.4. The summed E-state index contributed by atoms with van der Waals surface area (Å²) in [5, 5.41) is 2.49. The molecule has 8 heteroatoms. The number of benzene rings is 2. The predicted octanol–water partition coefficient (Wildman–Crippen LogP) is 4.00. The van der Waals surface area contributed by atoms with Gasteiger partial charge in [-0.2, -0.15) is 0 Å². The van der Waals surface area contributed by atoms with Gasteiger partial charge in [0.15, 0.2) is 23.1 Å². The number of anilines is 2. The number of carbonyl (C=O) groups is 1. The zero-order valence-corrected chi connectivity index (χ0v) is 16.5. The Morgan fingerprint density at radius 1 is 1.10 bits per heavy atom. The van der Waals surface area contributed by atoms with Crippen LogP contribution >= 0.6 is 0 Å². The van der Waals surface area contributed by atoms with Crippen LogP contribution in [0.25, 0.3) is 6.08 Å². The van der Waals surface area contributed by atoms with Crippen molar-refractivity contribution in [3.63, 3.8) is 0 Å². The topological polar surface area (TPSA) is 60.0 Å². The van der Waals surface area contributed by atoms with E-state index in [1.54, 1.807) is 23.1 Å². The molecule has 1 amide bonds. The number of ether oxygens (including phenoxy) is 3. The average Bonchev–Trinajstić information content (AvgIpc) is 3.25. The standard InChI is InChI=1S/C22H22F2N2O4/c1-28-18-10-14(11-19-22(18)30-9-8-29-19)4-5-20(27)25-15-12-16(23)21(17(24)13-15)26-6-2-3-7-26/h4-5,10-13H,2-3,6-9H2,1H3,(H,25,27)/b5-4+. The maximum absolute atomic E-state index is 14.4. The molecule has 0 spiro atoms. The van der Waals surface area contributed by atoms with Gasteiger partial charge in [-0.3, -0.25) is 4.79 Å². The van der Waals surface area contributed by atoms with Gasteiger partial charge in [-0.25, -0.2) is 8.78 Å². The van der Waals surface area contributed by atoms with Crippen LogP contribution in [0.3, 0.4) is 0 Å². The highest BCUT2D eigenvalue weighted by atomic mass is 19.1. The first kappa shape index (κ1) is 20.0. The van der Waals surface area contributed by atoms with Crippen LogP contribution < -0.4 is 24.4 Å². The lowest BCUT2D eigenvalue weighted by Crippen LogP contribution is -2.21. The molecular formula is C22H22F2N2O4. The first-order valence-corrected chi connectivity index (χ1v) is 9.76. The van der Waals surface area contributed by atoms with E-state index in [2.05, 4.69) is 5.32 Å². The summed E-state index contributed by atoms with van der Waals surface area (Å²) in [6.45, 7) is 2.11. The molecule has 2 aliphatic rings. The van der Waals surface area contributed by atoms with Crippen molar-refractivity contribution in [1.82, 2.24) is 0 Å². The fourth-order valence-corrected chi connectivity index (χ4v) is 3.63. The van der Waals surface area contributed by atoms with Gasteiger partial charge in [0, 0.05) is 24.9 Å². The molecule has 0 aliphatic carbocycles. The maximum Gasteiger partial charge on any atom is 0.248 e. The number of nitrogens with zero attached hydrogens (tertiary/aromatic N) is 1. The summed E-state index contributed by atoms with van der Waals surface area (Å²) >= 11 is 0. The summed E-state index contributed by atoms with van der Waals surface area (Å²) in [6.07, 6.45) is 4.65. The Bertz CT molecular complexity index is 947. The van der Waals surface area contributed by atoms with Crippen LogP contribution in [-0.4, -0.2) is 39.3 Å². The Hall–Kier alpha value is -3.29. The molecule has 0 atom stereocenters. The molecule has 1 fully saturated rings. The molecule has 2 aromatic carbocycles. The molecule has 6 nitrogen and oxygen atoms in total. The molecule has 0 saturated carbocycles. The molecule has 0 aromatic heterocycles. The molecule has 2 heterocycles. The number of hydrogen-bond donors (Lipinski definition) is 1. The van der Waals surface area contributed by atoms with Gasteiger partial charge in [-0.15, -0.1) is 0 Å². The van der Waals surface area contributed by atoms with Gasteiger partial charge >= 0.3 is 0 Å². The third-order valence-corrected chi connectivity index (χ3v) is 4.98. The van der Waals surface area contributed by atoms with Gasteiger partial charge in [0.2, 0.25) is 11.7 Å². The minimum Gasteiger partial charge on any atom is -0.493 e. The molecule has 1 N–H and O–H groups in total. The number of carbonyl (C=O) groups excluding carboxylic acids is 1. The van der Waals surface area contributed by atoms with Crippen LogP contribution in [0.4, 0.5) is 20.2 Å². The van der Waals surface area contributed by atoms with Crippen LogP contribution in [-0.2, 0) is 4.79 Å². The lowest BCUT2D eigenvalue weighted by molar-refractivity contribution is -0.111. The Kier molecular flexibility index (Phi) is 5.74. The van der Waals surface area contributed by atoms with E-state index in [0.29, 0.717) is 49.1 Å². The minimum atomic E-state index is -0.687. The first-order chi connectivity index (χ1) is 14.5. The van der Waals surface area contributed by atoms with E-state index < -0.39 is 17.5 Å². The lowest BCUT2D eigenvalue weighted by Gasteiger charge is -2.21. The Morgan fingerprint density at radius 2 is 1.80 bits per heavy atom. The molecule has 1 saturated heterocycles. The zero-order valence-electron chi connectivity index (χ0n) is 16.5. The predicted molar refractivity (Wildman–Crippen MR) is 109 cm³/mol. The summed E-state index contributed by atoms with van der Waals surface area (Å²) in [5.74, 6) is -0.345. The molecule has 158 valence electrons. The smallest absolute Gasteiger partial charge is 0.248 e. The third kappa shape index (κ3) is 4.17. The van der Waals surface area contributed by atoms with Gasteiger partial charge in [0.25, 0.3) is 0 Å². The molecule has 0 bridgehead atoms. The molecule has 0 radical (unpaired) electrons. The average molecular weight is 416 g/mol. The van der Waals surface area contributed by atoms with Gasteiger partial charge in [0.1, 0.15) is 18.9 Å². The van der Waals surface area contributed by atoms with E-state index in [0.717, 1.165) is 25.0 Å². The van der Waals surface area contributed by atoms with Crippen LogP contribution in [0.15, 0.2) is 30.3 Å². The molecule has 0 unspecified atom stereocenters. The summed E-state index contributed by atoms with van der Waals surface area (Å²) in [5.41, 5.74) is 0.680. The number of rotatable bonds is 5. The second-order valence-electron chi connectivity index (χ2n) is 7.05. The zero-order chi connectivity index (χ0) is 21.1. The van der Waals surface area contributed by atoms with Crippen molar-refractivity contribution in [1.29, 1.82) is 0 Å². The van der Waals surface area contributed by atoms with Crippen molar-refractivity contribution in [3.05, 3.63) is 47.5 Å². The van der Waals surface area contributed by atoms with E-state index in [1.807, 2.05) is 0 Å². The quantitative estimate of drug-likeness (QED) is 0.747. The van der Waals surface area contributed by atoms with Crippen molar-refractivity contribution >= 4 is 23.4 Å². The van der Waals surface area contributed by atoms with Crippen molar-refractivity contribution in [2.75, 3.05) is 43.6 Å². The minimum absolute atomic E-state index is 0.0376. The number of amides is 1. The van der Waals surface area contributed by atoms with Crippen LogP contribution in [0.2, 0.25) is 0 Å². The van der Waals surface area contributed by atoms with Crippen LogP contribution in [0.1, 0.15) is 18.4 Å². The van der Waals surface area contributed by atoms with Crippen molar-refractivity contribution in [2.45, 2.75) is 12.8 Å². The summed E-state index contributed by atoms with van der Waals surface area (Å²) in [7, 11) is 1.52. The van der Waals surface area contributed by atoms with Crippen LogP contribution in [0.5, 0.6) is 17.2 Å². The van der Waals surface area contributed by atoms with Gasteiger partial charge in [-0.1, -0.05) is 0 Å². The van der Waals surface area contributed by atoms with Crippen molar-refractivity contribution < 1.29 is 27.8 Å². The van der Waals surface area contributed by atoms with Crippen LogP contribution in [0, 0.1) is 11.6 Å². The monoisotopic (exact) mass is 416 g/mol. The fraction of sp³-hybridized carbons (Fsp3) is 0.318. The van der Waals surface area contributed by atoms with E-state index in [4.69, 9.17) is 14.2 Å². The number of nitrogens with one attached hydrogen (secondary N) is 1. The highest BCUT2D eigenvalue weighted by Crippen LogP contribution is 2.40. The number of halogens is 2. The summed E-state index contributed by atoms with van der Waals surface area (Å²) in [6, 6.07) is 5.71. The molecule has 2 aromatic rings. The Morgan fingerprint density at radius 3 is 2.50 bits per heavy atom. The summed E-state index contributed by atoms with van der Waals surface area (Å²) < 4.78 is 45.3. The Balaban J connectivity index is 1.48.